The average molecular weight is 323 g/mol. The third-order valence-electron chi connectivity index (χ3n) is 3.13. The van der Waals surface area contributed by atoms with E-state index >= 15 is 0 Å². The Morgan fingerprint density at radius 1 is 1.15 bits per heavy atom. The fourth-order valence-electron chi connectivity index (χ4n) is 2.02. The highest BCUT2D eigenvalue weighted by atomic mass is 35.5. The third-order valence-corrected chi connectivity index (χ3v) is 4.72. The van der Waals surface area contributed by atoms with Crippen molar-refractivity contribution < 1.29 is 0 Å². The molecular weight excluding hydrogens is 311 g/mol. The van der Waals surface area contributed by atoms with Crippen LogP contribution in [0.5, 0.6) is 0 Å². The van der Waals surface area contributed by atoms with Crippen molar-refractivity contribution in [2.75, 3.05) is 5.32 Å². The van der Waals surface area contributed by atoms with E-state index in [-0.39, 0.29) is 6.04 Å². The maximum Gasteiger partial charge on any atom is 0.0809 e. The van der Waals surface area contributed by atoms with Gasteiger partial charge in [0.1, 0.15) is 0 Å². The predicted octanol–water partition coefficient (Wildman–Crippen LogP) is 5.78. The Kier molecular flexibility index (Phi) is 3.83. The number of hydrogen-bond donors (Lipinski definition) is 1. The molecule has 0 fully saturated rings. The Morgan fingerprint density at radius 2 is 2.00 bits per heavy atom. The van der Waals surface area contributed by atoms with Crippen molar-refractivity contribution in [1.29, 1.82) is 0 Å². The number of nitrogens with one attached hydrogen (secondary N) is 1. The highest BCUT2D eigenvalue weighted by Crippen LogP contribution is 2.28. The molecule has 102 valence electrons. The first-order valence-electron chi connectivity index (χ1n) is 6.18. The summed E-state index contributed by atoms with van der Waals surface area (Å²) in [5, 5.41) is 6.57. The number of thiophene rings is 1. The van der Waals surface area contributed by atoms with Crippen molar-refractivity contribution in [3.05, 3.63) is 57.5 Å². The van der Waals surface area contributed by atoms with Gasteiger partial charge in [0, 0.05) is 11.9 Å². The molecule has 0 amide bonds. The Balaban J connectivity index is 1.84. The predicted molar refractivity (Wildman–Crippen MR) is 88.1 cm³/mol. The maximum absolute atomic E-state index is 6.02. The van der Waals surface area contributed by atoms with Crippen molar-refractivity contribution in [1.82, 2.24) is 4.98 Å². The molecule has 0 aliphatic heterocycles. The summed E-state index contributed by atoms with van der Waals surface area (Å²) in [7, 11) is 0. The van der Waals surface area contributed by atoms with E-state index in [2.05, 4.69) is 28.7 Å². The Labute approximate surface area is 131 Å². The number of anilines is 1. The van der Waals surface area contributed by atoms with Crippen LogP contribution in [0.4, 0.5) is 5.69 Å². The van der Waals surface area contributed by atoms with Crippen molar-refractivity contribution in [2.45, 2.75) is 13.0 Å². The number of hydrogen-bond acceptors (Lipinski definition) is 3. The first-order chi connectivity index (χ1) is 9.63. The molecule has 1 N–H and O–H groups in total. The van der Waals surface area contributed by atoms with Gasteiger partial charge in [0.2, 0.25) is 0 Å². The summed E-state index contributed by atoms with van der Waals surface area (Å²) in [4.78, 5) is 4.46. The number of nitrogens with zero attached hydrogens (tertiary/aromatic N) is 1. The van der Waals surface area contributed by atoms with Crippen molar-refractivity contribution >= 4 is 50.4 Å². The van der Waals surface area contributed by atoms with Crippen LogP contribution < -0.4 is 5.32 Å². The molecule has 2 nitrogen and oxygen atoms in total. The summed E-state index contributed by atoms with van der Waals surface area (Å²) in [5.74, 6) is 0. The second-order valence-electron chi connectivity index (χ2n) is 4.57. The molecule has 0 spiro atoms. The van der Waals surface area contributed by atoms with E-state index in [1.807, 2.05) is 24.4 Å². The molecule has 20 heavy (non-hydrogen) atoms. The molecule has 0 bridgehead atoms. The average Bonchev–Trinajstić information content (AvgIpc) is 2.90. The number of halogens is 2. The molecule has 0 saturated heterocycles. The quantitative estimate of drug-likeness (QED) is 0.661. The smallest absolute Gasteiger partial charge is 0.0809 e. The van der Waals surface area contributed by atoms with Crippen LogP contribution in [0.25, 0.3) is 10.2 Å². The molecular formula is C15H12Cl2N2S. The van der Waals surface area contributed by atoms with Gasteiger partial charge >= 0.3 is 0 Å². The molecule has 0 aliphatic rings. The number of rotatable bonds is 3. The zero-order valence-electron chi connectivity index (χ0n) is 10.7. The highest BCUT2D eigenvalue weighted by Gasteiger charge is 2.08. The van der Waals surface area contributed by atoms with E-state index in [1.54, 1.807) is 17.4 Å². The van der Waals surface area contributed by atoms with Gasteiger partial charge in [0.25, 0.3) is 0 Å². The van der Waals surface area contributed by atoms with E-state index in [0.717, 1.165) is 16.8 Å². The lowest BCUT2D eigenvalue weighted by molar-refractivity contribution is 0.880. The number of fused-ring (bicyclic) bond motifs is 1. The molecule has 0 radical (unpaired) electrons. The molecule has 5 heteroatoms. The fourth-order valence-corrected chi connectivity index (χ4v) is 3.10. The molecule has 2 heterocycles. The summed E-state index contributed by atoms with van der Waals surface area (Å²) >= 11 is 13.6. The van der Waals surface area contributed by atoms with Crippen LogP contribution in [0.3, 0.4) is 0 Å². The van der Waals surface area contributed by atoms with Gasteiger partial charge in [-0.25, -0.2) is 0 Å². The molecule has 1 unspecified atom stereocenters. The monoisotopic (exact) mass is 322 g/mol. The summed E-state index contributed by atoms with van der Waals surface area (Å²) in [6.45, 7) is 2.10. The molecule has 0 saturated carbocycles. The number of benzene rings is 1. The molecule has 1 atom stereocenters. The van der Waals surface area contributed by atoms with Gasteiger partial charge in [-0.1, -0.05) is 23.2 Å². The van der Waals surface area contributed by atoms with Crippen molar-refractivity contribution in [3.63, 3.8) is 0 Å². The van der Waals surface area contributed by atoms with E-state index in [4.69, 9.17) is 23.2 Å². The highest BCUT2D eigenvalue weighted by molar-refractivity contribution is 7.17. The SMILES string of the molecule is CC(Nc1ccc(Cl)c(Cl)c1)c1cnc2ccsc2c1. The third kappa shape index (κ3) is 2.75. The Hall–Kier alpha value is -1.29. The molecule has 2 aromatic heterocycles. The van der Waals surface area contributed by atoms with Crippen LogP contribution in [0.15, 0.2) is 41.9 Å². The maximum atomic E-state index is 6.02. The van der Waals surface area contributed by atoms with Crippen LogP contribution >= 0.6 is 34.5 Å². The lowest BCUT2D eigenvalue weighted by Crippen LogP contribution is -2.06. The van der Waals surface area contributed by atoms with Gasteiger partial charge in [-0.15, -0.1) is 11.3 Å². The fraction of sp³-hybridized carbons (Fsp3) is 0.133. The Morgan fingerprint density at radius 3 is 2.80 bits per heavy atom. The van der Waals surface area contributed by atoms with Crippen LogP contribution in [-0.4, -0.2) is 4.98 Å². The molecule has 0 aliphatic carbocycles. The first kappa shape index (κ1) is 13.7. The summed E-state index contributed by atoms with van der Waals surface area (Å²) < 4.78 is 1.20. The second kappa shape index (κ2) is 5.60. The Bertz CT molecular complexity index is 754. The largest absolute Gasteiger partial charge is 0.378 e. The standard InChI is InChI=1S/C15H12Cl2N2S/c1-9(19-11-2-3-12(16)13(17)7-11)10-6-15-14(18-8-10)4-5-20-15/h2-9,19H,1H3. The lowest BCUT2D eigenvalue weighted by Gasteiger charge is -2.16. The van der Waals surface area contributed by atoms with Crippen LogP contribution in [0.1, 0.15) is 18.5 Å². The second-order valence-corrected chi connectivity index (χ2v) is 6.33. The van der Waals surface area contributed by atoms with E-state index in [1.165, 1.54) is 4.70 Å². The van der Waals surface area contributed by atoms with Gasteiger partial charge in [0.05, 0.1) is 26.3 Å². The summed E-state index contributed by atoms with van der Waals surface area (Å²) in [5.41, 5.74) is 3.13. The van der Waals surface area contributed by atoms with Crippen LogP contribution in [-0.2, 0) is 0 Å². The minimum Gasteiger partial charge on any atom is -0.378 e. The zero-order chi connectivity index (χ0) is 14.1. The number of pyridine rings is 1. The van der Waals surface area contributed by atoms with E-state index in [9.17, 15) is 0 Å². The topological polar surface area (TPSA) is 24.9 Å². The lowest BCUT2D eigenvalue weighted by atomic mass is 10.1. The molecule has 1 aromatic carbocycles. The van der Waals surface area contributed by atoms with E-state index < -0.39 is 0 Å². The van der Waals surface area contributed by atoms with Gasteiger partial charge in [-0.05, 0) is 48.2 Å². The minimum atomic E-state index is 0.145. The minimum absolute atomic E-state index is 0.145. The van der Waals surface area contributed by atoms with Gasteiger partial charge in [-0.2, -0.15) is 0 Å². The normalized spacial score (nSPS) is 12.6. The first-order valence-corrected chi connectivity index (χ1v) is 7.82. The van der Waals surface area contributed by atoms with Gasteiger partial charge in [-0.3, -0.25) is 4.98 Å². The molecule has 3 aromatic rings. The van der Waals surface area contributed by atoms with Crippen LogP contribution in [0, 0.1) is 0 Å². The zero-order valence-corrected chi connectivity index (χ0v) is 13.1. The van der Waals surface area contributed by atoms with Gasteiger partial charge in [0.15, 0.2) is 0 Å². The van der Waals surface area contributed by atoms with Crippen molar-refractivity contribution in [3.8, 4) is 0 Å². The number of aromatic nitrogens is 1. The molecule has 3 rings (SSSR count). The van der Waals surface area contributed by atoms with E-state index in [0.29, 0.717) is 10.0 Å². The van der Waals surface area contributed by atoms with Gasteiger partial charge < -0.3 is 5.32 Å². The van der Waals surface area contributed by atoms with Crippen molar-refractivity contribution in [2.24, 2.45) is 0 Å². The summed E-state index contributed by atoms with van der Waals surface area (Å²) in [6, 6.07) is 9.88. The summed E-state index contributed by atoms with van der Waals surface area (Å²) in [6.07, 6.45) is 1.91. The van der Waals surface area contributed by atoms with Crippen LogP contribution in [0.2, 0.25) is 10.0 Å².